The van der Waals surface area contributed by atoms with E-state index in [4.69, 9.17) is 0 Å². The van der Waals surface area contributed by atoms with E-state index in [-0.39, 0.29) is 0 Å². The van der Waals surface area contributed by atoms with Crippen molar-refractivity contribution in [1.82, 2.24) is 0 Å². The zero-order valence-electron chi connectivity index (χ0n) is 4.16. The van der Waals surface area contributed by atoms with Gasteiger partial charge in [-0.2, -0.15) is 0 Å². The largest absolute Gasteiger partial charge is 0.244 e. The van der Waals surface area contributed by atoms with Crippen LogP contribution in [-0.4, -0.2) is 11.8 Å². The first-order chi connectivity index (χ1) is 2.56. The zero-order valence-corrected chi connectivity index (χ0v) is 5.32. The molecule has 0 saturated heterocycles. The molecule has 0 rings (SSSR count). The van der Waals surface area contributed by atoms with Crippen LogP contribution in [0.25, 0.3) is 0 Å². The van der Waals surface area contributed by atoms with E-state index in [2.05, 4.69) is 9.24 Å². The number of alkyl halides is 1. The molecule has 0 radical (unpaired) electrons. The molecule has 0 aliphatic heterocycles. The van der Waals surface area contributed by atoms with Crippen molar-refractivity contribution >= 4 is 9.24 Å². The SMILES string of the molecule is CC(C)(F)CP. The van der Waals surface area contributed by atoms with Crippen LogP contribution in [0.15, 0.2) is 0 Å². The average Bonchev–Trinajstić information content (AvgIpc) is 1.35. The first kappa shape index (κ1) is 6.36. The Morgan fingerprint density at radius 3 is 1.83 bits per heavy atom. The van der Waals surface area contributed by atoms with E-state index in [1.807, 2.05) is 0 Å². The Morgan fingerprint density at radius 1 is 1.67 bits per heavy atom. The summed E-state index contributed by atoms with van der Waals surface area (Å²) in [6.07, 6.45) is 0.521. The second kappa shape index (κ2) is 1.88. The summed E-state index contributed by atoms with van der Waals surface area (Å²) in [5, 5.41) is 0. The van der Waals surface area contributed by atoms with E-state index < -0.39 is 5.67 Å². The summed E-state index contributed by atoms with van der Waals surface area (Å²) >= 11 is 0. The molecule has 0 aromatic carbocycles. The van der Waals surface area contributed by atoms with Gasteiger partial charge in [0.25, 0.3) is 0 Å². The van der Waals surface area contributed by atoms with Gasteiger partial charge in [0.05, 0.1) is 0 Å². The summed E-state index contributed by atoms with van der Waals surface area (Å²) < 4.78 is 12.1. The molecular weight excluding hydrogens is 98.0 g/mol. The maximum absolute atomic E-state index is 12.1. The lowest BCUT2D eigenvalue weighted by atomic mass is 10.2. The van der Waals surface area contributed by atoms with Crippen molar-refractivity contribution in [2.75, 3.05) is 6.16 Å². The minimum Gasteiger partial charge on any atom is -0.244 e. The molecule has 1 atom stereocenters. The Morgan fingerprint density at radius 2 is 1.83 bits per heavy atom. The fraction of sp³-hybridized carbons (Fsp3) is 1.00. The van der Waals surface area contributed by atoms with Crippen LogP contribution in [0.3, 0.4) is 0 Å². The highest BCUT2D eigenvalue weighted by Gasteiger charge is 2.09. The lowest BCUT2D eigenvalue weighted by Gasteiger charge is -2.07. The lowest BCUT2D eigenvalue weighted by molar-refractivity contribution is 0.252. The summed E-state index contributed by atoms with van der Waals surface area (Å²) in [5.74, 6) is 0. The zero-order chi connectivity index (χ0) is 5.21. The number of rotatable bonds is 1. The fourth-order valence-corrected chi connectivity index (χ4v) is 0. The van der Waals surface area contributed by atoms with Crippen LogP contribution in [0.4, 0.5) is 4.39 Å². The van der Waals surface area contributed by atoms with Gasteiger partial charge in [-0.05, 0) is 20.0 Å². The summed E-state index contributed by atoms with van der Waals surface area (Å²) in [4.78, 5) is 0. The van der Waals surface area contributed by atoms with Crippen molar-refractivity contribution in [1.29, 1.82) is 0 Å². The van der Waals surface area contributed by atoms with Gasteiger partial charge in [-0.15, -0.1) is 9.24 Å². The predicted octanol–water partition coefficient (Wildman–Crippen LogP) is 1.61. The molecule has 0 aliphatic carbocycles. The molecule has 0 saturated carbocycles. The average molecular weight is 108 g/mol. The maximum atomic E-state index is 12.1. The first-order valence-electron chi connectivity index (χ1n) is 1.95. The van der Waals surface area contributed by atoms with E-state index >= 15 is 0 Å². The molecule has 0 N–H and O–H groups in total. The third kappa shape index (κ3) is 4.36. The Hall–Kier alpha value is 0.360. The van der Waals surface area contributed by atoms with Crippen LogP contribution in [-0.2, 0) is 0 Å². The summed E-state index contributed by atoms with van der Waals surface area (Å²) in [7, 11) is 2.35. The molecule has 0 aliphatic rings. The minimum atomic E-state index is -0.995. The van der Waals surface area contributed by atoms with Gasteiger partial charge < -0.3 is 0 Å². The Labute approximate surface area is 40.3 Å². The van der Waals surface area contributed by atoms with E-state index in [9.17, 15) is 4.39 Å². The highest BCUT2D eigenvalue weighted by Crippen LogP contribution is 2.10. The van der Waals surface area contributed by atoms with Crippen molar-refractivity contribution in [3.8, 4) is 0 Å². The van der Waals surface area contributed by atoms with Crippen molar-refractivity contribution < 1.29 is 4.39 Å². The summed E-state index contributed by atoms with van der Waals surface area (Å²) in [6.45, 7) is 3.11. The third-order valence-electron chi connectivity index (χ3n) is 0.485. The molecule has 0 heterocycles. The van der Waals surface area contributed by atoms with Gasteiger partial charge in [0.1, 0.15) is 5.67 Å². The lowest BCUT2D eigenvalue weighted by Crippen LogP contribution is -2.12. The van der Waals surface area contributed by atoms with Gasteiger partial charge in [-0.3, -0.25) is 0 Å². The number of hydrogen-bond donors (Lipinski definition) is 0. The normalized spacial score (nSPS) is 12.0. The van der Waals surface area contributed by atoms with Crippen LogP contribution in [0, 0.1) is 0 Å². The highest BCUT2D eigenvalue weighted by molar-refractivity contribution is 7.16. The maximum Gasteiger partial charge on any atom is 0.108 e. The van der Waals surface area contributed by atoms with Crippen LogP contribution >= 0.6 is 9.24 Å². The van der Waals surface area contributed by atoms with Crippen molar-refractivity contribution in [2.45, 2.75) is 19.5 Å². The Kier molecular flexibility index (Phi) is 1.99. The molecule has 0 amide bonds. The molecule has 1 unspecified atom stereocenters. The van der Waals surface area contributed by atoms with Crippen molar-refractivity contribution in [2.24, 2.45) is 0 Å². The van der Waals surface area contributed by atoms with E-state index in [1.165, 1.54) is 0 Å². The van der Waals surface area contributed by atoms with Gasteiger partial charge >= 0.3 is 0 Å². The van der Waals surface area contributed by atoms with Crippen LogP contribution in [0.1, 0.15) is 13.8 Å². The van der Waals surface area contributed by atoms with Gasteiger partial charge in [0.15, 0.2) is 0 Å². The molecule has 0 spiro atoms. The molecule has 2 heteroatoms. The molecule has 0 fully saturated rings. The highest BCUT2D eigenvalue weighted by atomic mass is 31.0. The van der Waals surface area contributed by atoms with Crippen LogP contribution in [0.5, 0.6) is 0 Å². The monoisotopic (exact) mass is 108 g/mol. The molecular formula is C4H10FP. The molecule has 0 bridgehead atoms. The van der Waals surface area contributed by atoms with E-state index in [1.54, 1.807) is 13.8 Å². The smallest absolute Gasteiger partial charge is 0.108 e. The standard InChI is InChI=1S/C4H10FP/c1-4(2,5)3-6/h3,6H2,1-2H3. The van der Waals surface area contributed by atoms with E-state index in [0.717, 1.165) is 0 Å². The van der Waals surface area contributed by atoms with Gasteiger partial charge in [-0.25, -0.2) is 4.39 Å². The van der Waals surface area contributed by atoms with Crippen molar-refractivity contribution in [3.63, 3.8) is 0 Å². The molecule has 6 heavy (non-hydrogen) atoms. The van der Waals surface area contributed by atoms with Gasteiger partial charge in [-0.1, -0.05) is 0 Å². The quantitative estimate of drug-likeness (QED) is 0.447. The predicted molar refractivity (Wildman–Crippen MR) is 29.8 cm³/mol. The van der Waals surface area contributed by atoms with E-state index in [0.29, 0.717) is 6.16 Å². The Balaban J connectivity index is 3.17. The minimum absolute atomic E-state index is 0.521. The second-order valence-corrected chi connectivity index (χ2v) is 2.33. The molecule has 38 valence electrons. The van der Waals surface area contributed by atoms with Gasteiger partial charge in [0.2, 0.25) is 0 Å². The molecule has 0 nitrogen and oxygen atoms in total. The number of hydrogen-bond acceptors (Lipinski definition) is 0. The summed E-state index contributed by atoms with van der Waals surface area (Å²) in [6, 6.07) is 0. The number of halogens is 1. The van der Waals surface area contributed by atoms with Crippen LogP contribution in [0.2, 0.25) is 0 Å². The second-order valence-electron chi connectivity index (χ2n) is 1.92. The Bertz CT molecular complexity index is 37.3. The topological polar surface area (TPSA) is 0 Å². The summed E-state index contributed by atoms with van der Waals surface area (Å²) in [5.41, 5.74) is -0.995. The third-order valence-corrected chi connectivity index (χ3v) is 1.46. The molecule has 0 aromatic heterocycles. The van der Waals surface area contributed by atoms with Crippen LogP contribution < -0.4 is 0 Å². The fourth-order valence-electron chi connectivity index (χ4n) is 0. The first-order valence-corrected chi connectivity index (χ1v) is 2.77. The van der Waals surface area contributed by atoms with Crippen molar-refractivity contribution in [3.05, 3.63) is 0 Å². The van der Waals surface area contributed by atoms with Gasteiger partial charge in [0, 0.05) is 0 Å². The molecule has 0 aromatic rings.